The summed E-state index contributed by atoms with van der Waals surface area (Å²) < 4.78 is 0. The van der Waals surface area contributed by atoms with Gasteiger partial charge >= 0.3 is 0 Å². The molecule has 0 bridgehead atoms. The predicted octanol–water partition coefficient (Wildman–Crippen LogP) is 4.30. The van der Waals surface area contributed by atoms with E-state index in [2.05, 4.69) is 43.2 Å². The van der Waals surface area contributed by atoms with Crippen LogP contribution in [0.15, 0.2) is 29.1 Å². The number of amides is 1. The summed E-state index contributed by atoms with van der Waals surface area (Å²) in [5.41, 5.74) is 5.04. The molecule has 0 saturated heterocycles. The van der Waals surface area contributed by atoms with E-state index in [9.17, 15) is 9.59 Å². The average Bonchev–Trinajstić information content (AvgIpc) is 2.49. The van der Waals surface area contributed by atoms with Crippen LogP contribution in [0.2, 0.25) is 0 Å². The maximum Gasteiger partial charge on any atom is 0.224 e. The zero-order valence-electron chi connectivity index (χ0n) is 15.3. The minimum absolute atomic E-state index is 0.0842. The first kappa shape index (κ1) is 18.0. The third kappa shape index (κ3) is 3.75. The molecule has 1 aromatic carbocycles. The molecule has 0 aliphatic heterocycles. The van der Waals surface area contributed by atoms with E-state index in [-0.39, 0.29) is 16.8 Å². The largest absolute Gasteiger partial charge is 0.357 e. The van der Waals surface area contributed by atoms with Crippen molar-refractivity contribution in [2.45, 2.75) is 53.4 Å². The van der Waals surface area contributed by atoms with Gasteiger partial charge in [0.15, 0.2) is 0 Å². The number of rotatable bonds is 3. The lowest BCUT2D eigenvalue weighted by molar-refractivity contribution is -0.115. The molecule has 0 aliphatic carbocycles. The lowest BCUT2D eigenvalue weighted by atomic mass is 9.85. The average molecular weight is 326 g/mol. The van der Waals surface area contributed by atoms with Crippen molar-refractivity contribution in [2.24, 2.45) is 0 Å². The number of H-pyrrole nitrogens is 1. The fourth-order valence-corrected chi connectivity index (χ4v) is 2.65. The molecule has 0 fully saturated rings. The third-order valence-electron chi connectivity index (χ3n) is 4.19. The summed E-state index contributed by atoms with van der Waals surface area (Å²) >= 11 is 0. The van der Waals surface area contributed by atoms with Crippen molar-refractivity contribution in [1.82, 2.24) is 4.98 Å². The Hall–Kier alpha value is -2.36. The molecule has 128 valence electrons. The standard InChI is InChI=1S/C20H26N2O2/c1-7-18(24)22-19-13(3)21-16(11-17(19)23)15-9-8-14(10-12(15)2)20(4,5)6/h8-11H,7H2,1-6H3,(H,21,23)(H,22,24). The molecular weight excluding hydrogens is 300 g/mol. The van der Waals surface area contributed by atoms with Gasteiger partial charge in [-0.2, -0.15) is 0 Å². The zero-order valence-corrected chi connectivity index (χ0v) is 15.3. The van der Waals surface area contributed by atoms with Crippen LogP contribution in [0.4, 0.5) is 5.69 Å². The van der Waals surface area contributed by atoms with Crippen molar-refractivity contribution < 1.29 is 4.79 Å². The molecule has 4 heteroatoms. The lowest BCUT2D eigenvalue weighted by Gasteiger charge is -2.21. The molecule has 1 amide bonds. The van der Waals surface area contributed by atoms with E-state index in [1.165, 1.54) is 5.56 Å². The van der Waals surface area contributed by atoms with Crippen LogP contribution in [0, 0.1) is 13.8 Å². The molecule has 1 aromatic heterocycles. The number of carbonyl (C=O) groups excluding carboxylic acids is 1. The highest BCUT2D eigenvalue weighted by molar-refractivity contribution is 5.91. The lowest BCUT2D eigenvalue weighted by Crippen LogP contribution is -2.19. The summed E-state index contributed by atoms with van der Waals surface area (Å²) in [6.45, 7) is 12.1. The Balaban J connectivity index is 2.47. The fraction of sp³-hybridized carbons (Fsp3) is 0.400. The van der Waals surface area contributed by atoms with Crippen LogP contribution >= 0.6 is 0 Å². The van der Waals surface area contributed by atoms with Crippen molar-refractivity contribution in [3.63, 3.8) is 0 Å². The van der Waals surface area contributed by atoms with Crippen molar-refractivity contribution >= 4 is 11.6 Å². The maximum atomic E-state index is 12.4. The maximum absolute atomic E-state index is 12.4. The minimum Gasteiger partial charge on any atom is -0.357 e. The Morgan fingerprint density at radius 2 is 1.83 bits per heavy atom. The van der Waals surface area contributed by atoms with Gasteiger partial charge in [-0.1, -0.05) is 45.9 Å². The number of pyridine rings is 1. The van der Waals surface area contributed by atoms with E-state index in [1.807, 2.05) is 13.0 Å². The number of anilines is 1. The SMILES string of the molecule is CCC(=O)Nc1c(C)[nH]c(-c2ccc(C(C)(C)C)cc2C)cc1=O. The van der Waals surface area contributed by atoms with Crippen LogP contribution in [-0.4, -0.2) is 10.9 Å². The highest BCUT2D eigenvalue weighted by Crippen LogP contribution is 2.28. The van der Waals surface area contributed by atoms with Crippen molar-refractivity contribution in [1.29, 1.82) is 0 Å². The van der Waals surface area contributed by atoms with Gasteiger partial charge in [0.1, 0.15) is 5.69 Å². The summed E-state index contributed by atoms with van der Waals surface area (Å²) in [6.07, 6.45) is 0.341. The normalized spacial score (nSPS) is 11.4. The van der Waals surface area contributed by atoms with Gasteiger partial charge in [0.05, 0.1) is 0 Å². The molecule has 0 aliphatic rings. The fourth-order valence-electron chi connectivity index (χ4n) is 2.65. The Morgan fingerprint density at radius 3 is 2.33 bits per heavy atom. The second-order valence-corrected chi connectivity index (χ2v) is 7.23. The van der Waals surface area contributed by atoms with Gasteiger partial charge in [0.2, 0.25) is 11.3 Å². The summed E-state index contributed by atoms with van der Waals surface area (Å²) in [5.74, 6) is -0.165. The number of benzene rings is 1. The molecule has 2 N–H and O–H groups in total. The van der Waals surface area contributed by atoms with E-state index in [1.54, 1.807) is 19.9 Å². The van der Waals surface area contributed by atoms with Crippen molar-refractivity contribution in [3.8, 4) is 11.3 Å². The van der Waals surface area contributed by atoms with E-state index < -0.39 is 0 Å². The first-order valence-electron chi connectivity index (χ1n) is 8.28. The number of nitrogens with one attached hydrogen (secondary N) is 2. The molecule has 4 nitrogen and oxygen atoms in total. The molecule has 1 heterocycles. The second-order valence-electron chi connectivity index (χ2n) is 7.23. The van der Waals surface area contributed by atoms with Crippen LogP contribution in [0.3, 0.4) is 0 Å². The number of hydrogen-bond acceptors (Lipinski definition) is 2. The number of carbonyl (C=O) groups is 1. The Kier molecular flexibility index (Phi) is 4.97. The molecule has 2 rings (SSSR count). The minimum atomic E-state index is -0.178. The number of aromatic amines is 1. The van der Waals surface area contributed by atoms with E-state index in [0.29, 0.717) is 17.8 Å². The van der Waals surface area contributed by atoms with Gasteiger partial charge in [-0.05, 0) is 30.4 Å². The van der Waals surface area contributed by atoms with Crippen LogP contribution in [0.1, 0.15) is 50.9 Å². The molecule has 2 aromatic rings. The summed E-state index contributed by atoms with van der Waals surface area (Å²) in [5, 5.41) is 2.67. The van der Waals surface area contributed by atoms with Gasteiger partial charge in [0, 0.05) is 29.4 Å². The highest BCUT2D eigenvalue weighted by atomic mass is 16.2. The molecular formula is C20H26N2O2. The monoisotopic (exact) mass is 326 g/mol. The summed E-state index contributed by atoms with van der Waals surface area (Å²) in [6, 6.07) is 7.86. The molecule has 0 radical (unpaired) electrons. The smallest absolute Gasteiger partial charge is 0.224 e. The number of aryl methyl sites for hydroxylation is 2. The van der Waals surface area contributed by atoms with Gasteiger partial charge in [-0.15, -0.1) is 0 Å². The summed E-state index contributed by atoms with van der Waals surface area (Å²) in [4.78, 5) is 27.2. The van der Waals surface area contributed by atoms with Gasteiger partial charge in [-0.25, -0.2) is 0 Å². The van der Waals surface area contributed by atoms with Gasteiger partial charge in [0.25, 0.3) is 0 Å². The van der Waals surface area contributed by atoms with E-state index in [0.717, 1.165) is 16.8 Å². The van der Waals surface area contributed by atoms with Crippen LogP contribution < -0.4 is 10.7 Å². The number of aromatic nitrogens is 1. The first-order valence-corrected chi connectivity index (χ1v) is 8.28. The molecule has 0 unspecified atom stereocenters. The quantitative estimate of drug-likeness (QED) is 0.883. The van der Waals surface area contributed by atoms with Crippen LogP contribution in [0.25, 0.3) is 11.3 Å². The van der Waals surface area contributed by atoms with Crippen molar-refractivity contribution in [3.05, 3.63) is 51.3 Å². The Bertz CT molecular complexity index is 827. The first-order chi connectivity index (χ1) is 11.1. The predicted molar refractivity (Wildman–Crippen MR) is 99.6 cm³/mol. The summed E-state index contributed by atoms with van der Waals surface area (Å²) in [7, 11) is 0. The second kappa shape index (κ2) is 6.63. The Morgan fingerprint density at radius 1 is 1.17 bits per heavy atom. The Labute approximate surface area is 143 Å². The highest BCUT2D eigenvalue weighted by Gasteiger charge is 2.16. The molecule has 0 atom stereocenters. The zero-order chi connectivity index (χ0) is 18.1. The van der Waals surface area contributed by atoms with Crippen molar-refractivity contribution in [2.75, 3.05) is 5.32 Å². The van der Waals surface area contributed by atoms with Crippen LogP contribution in [-0.2, 0) is 10.2 Å². The van der Waals surface area contributed by atoms with Crippen LogP contribution in [0.5, 0.6) is 0 Å². The number of hydrogen-bond donors (Lipinski definition) is 2. The topological polar surface area (TPSA) is 62.0 Å². The molecule has 24 heavy (non-hydrogen) atoms. The molecule has 0 saturated carbocycles. The van der Waals surface area contributed by atoms with E-state index in [4.69, 9.17) is 0 Å². The van der Waals surface area contributed by atoms with Gasteiger partial charge < -0.3 is 10.3 Å². The molecule has 0 spiro atoms. The third-order valence-corrected chi connectivity index (χ3v) is 4.19. The van der Waals surface area contributed by atoms with E-state index >= 15 is 0 Å². The van der Waals surface area contributed by atoms with Gasteiger partial charge in [-0.3, -0.25) is 9.59 Å².